The van der Waals surface area contributed by atoms with Crippen LogP contribution in [0.1, 0.15) is 5.56 Å². The number of halogens is 2. The van der Waals surface area contributed by atoms with Crippen molar-refractivity contribution < 1.29 is 10.4 Å². The average molecular weight is 349 g/mol. The Hall–Kier alpha value is -1.58. The van der Waals surface area contributed by atoms with Crippen LogP contribution in [-0.4, -0.2) is 52.8 Å². The van der Waals surface area contributed by atoms with Crippen LogP contribution in [0.5, 0.6) is 0 Å². The standard InChI is InChI=1S/C12H18Cl2N6O2/c13-5-7-19(8-6-14)11-3-1-10(2-4-11)9-16-17-12(15)18-20(21)22/h1-4,9,21-22H,5-8H2,(H3,15,17,18). The molecule has 0 fully saturated rings. The summed E-state index contributed by atoms with van der Waals surface area (Å²) in [5, 5.41) is 23.8. The van der Waals surface area contributed by atoms with Crippen molar-refractivity contribution in [3.05, 3.63) is 29.8 Å². The normalized spacial score (nSPS) is 12.1. The van der Waals surface area contributed by atoms with Crippen LogP contribution in [-0.2, 0) is 0 Å². The first-order valence-corrected chi connectivity index (χ1v) is 7.41. The summed E-state index contributed by atoms with van der Waals surface area (Å²) in [6.45, 7) is 1.43. The first kappa shape index (κ1) is 18.5. The molecule has 0 heterocycles. The molecule has 0 saturated carbocycles. The largest absolute Gasteiger partial charge is 0.369 e. The van der Waals surface area contributed by atoms with E-state index in [-0.39, 0.29) is 11.3 Å². The summed E-state index contributed by atoms with van der Waals surface area (Å²) in [5.74, 6) is 0.773. The number of anilines is 1. The number of benzene rings is 1. The van der Waals surface area contributed by atoms with Gasteiger partial charge in [-0.3, -0.25) is 10.4 Å². The van der Waals surface area contributed by atoms with E-state index in [4.69, 9.17) is 39.4 Å². The number of alkyl halides is 2. The van der Waals surface area contributed by atoms with Crippen LogP contribution in [0.2, 0.25) is 0 Å². The quantitative estimate of drug-likeness (QED) is 0.243. The Labute approximate surface area is 138 Å². The molecule has 8 nitrogen and oxygen atoms in total. The second-order valence-electron chi connectivity index (χ2n) is 4.09. The van der Waals surface area contributed by atoms with Crippen LogP contribution in [0, 0.1) is 0 Å². The molecule has 0 atom stereocenters. The molecule has 1 rings (SSSR count). The second-order valence-corrected chi connectivity index (χ2v) is 4.84. The topological polar surface area (TPSA) is 110 Å². The minimum atomic E-state index is -0.314. The Balaban J connectivity index is 2.67. The second kappa shape index (κ2) is 10.2. The van der Waals surface area contributed by atoms with Gasteiger partial charge in [-0.15, -0.1) is 28.3 Å². The highest BCUT2D eigenvalue weighted by molar-refractivity contribution is 6.18. The molecule has 22 heavy (non-hydrogen) atoms. The van der Waals surface area contributed by atoms with E-state index < -0.39 is 0 Å². The zero-order valence-electron chi connectivity index (χ0n) is 11.7. The summed E-state index contributed by atoms with van der Waals surface area (Å²) < 4.78 is 0. The van der Waals surface area contributed by atoms with Crippen molar-refractivity contribution in [2.75, 3.05) is 29.7 Å². The molecule has 0 amide bonds. The molecule has 5 N–H and O–H groups in total. The summed E-state index contributed by atoms with van der Waals surface area (Å²) in [4.78, 5) is 2.08. The first-order valence-electron chi connectivity index (χ1n) is 6.34. The molecule has 0 radical (unpaired) electrons. The van der Waals surface area contributed by atoms with E-state index in [1.807, 2.05) is 29.7 Å². The molecular formula is C12H18Cl2N6O2. The predicted octanol–water partition coefficient (Wildman–Crippen LogP) is 1.20. The number of hydrogen-bond donors (Lipinski definition) is 4. The van der Waals surface area contributed by atoms with Crippen LogP contribution in [0.4, 0.5) is 5.69 Å². The van der Waals surface area contributed by atoms with E-state index in [1.54, 1.807) is 0 Å². The fourth-order valence-corrected chi connectivity index (χ4v) is 2.04. The summed E-state index contributed by atoms with van der Waals surface area (Å²) in [7, 11) is 0. The van der Waals surface area contributed by atoms with Gasteiger partial charge in [0.15, 0.2) is 0 Å². The molecule has 0 aliphatic heterocycles. The van der Waals surface area contributed by atoms with Crippen molar-refractivity contribution in [3.63, 3.8) is 0 Å². The Kier molecular flexibility index (Phi) is 8.56. The van der Waals surface area contributed by atoms with Gasteiger partial charge in [0.05, 0.1) is 6.21 Å². The molecule has 122 valence electrons. The first-order chi connectivity index (χ1) is 10.6. The number of nitrogens with one attached hydrogen (secondary N) is 1. The monoisotopic (exact) mass is 348 g/mol. The highest BCUT2D eigenvalue weighted by Gasteiger charge is 2.04. The van der Waals surface area contributed by atoms with Crippen molar-refractivity contribution in [1.82, 2.24) is 10.8 Å². The highest BCUT2D eigenvalue weighted by Crippen LogP contribution is 2.15. The zero-order chi connectivity index (χ0) is 16.4. The molecule has 1 aromatic carbocycles. The molecule has 0 unspecified atom stereocenters. The number of nitrogens with two attached hydrogens (primary N) is 1. The third-order valence-electron chi connectivity index (χ3n) is 2.55. The fourth-order valence-electron chi connectivity index (χ4n) is 1.63. The lowest BCUT2D eigenvalue weighted by molar-refractivity contribution is -0.329. The molecule has 1 aromatic rings. The molecule has 0 saturated heterocycles. The highest BCUT2D eigenvalue weighted by atomic mass is 35.5. The van der Waals surface area contributed by atoms with Gasteiger partial charge in [0.25, 0.3) is 0 Å². The van der Waals surface area contributed by atoms with Gasteiger partial charge in [0.1, 0.15) is 0 Å². The van der Waals surface area contributed by atoms with Crippen LogP contribution in [0.3, 0.4) is 0 Å². The van der Waals surface area contributed by atoms with Crippen LogP contribution < -0.4 is 16.1 Å². The van der Waals surface area contributed by atoms with Crippen molar-refractivity contribution in [2.45, 2.75) is 0 Å². The Bertz CT molecular complexity index is 489. The van der Waals surface area contributed by atoms with Crippen molar-refractivity contribution >= 4 is 41.1 Å². The third kappa shape index (κ3) is 6.92. The lowest BCUT2D eigenvalue weighted by Gasteiger charge is -2.22. The van der Waals surface area contributed by atoms with Gasteiger partial charge in [0, 0.05) is 35.9 Å². The van der Waals surface area contributed by atoms with Crippen molar-refractivity contribution in [2.24, 2.45) is 15.9 Å². The van der Waals surface area contributed by atoms with Gasteiger partial charge >= 0.3 is 0 Å². The summed E-state index contributed by atoms with van der Waals surface area (Å²) in [5.41, 5.74) is 9.03. The minimum absolute atomic E-state index is 0.270. The van der Waals surface area contributed by atoms with Crippen molar-refractivity contribution in [3.8, 4) is 0 Å². The fraction of sp³-hybridized carbons (Fsp3) is 0.333. The Morgan fingerprint density at radius 1 is 1.18 bits per heavy atom. The Morgan fingerprint density at radius 3 is 2.27 bits per heavy atom. The SMILES string of the molecule is NC(=NN=Cc1ccc(N(CCCl)CCCl)cc1)NN(O)O. The lowest BCUT2D eigenvalue weighted by atomic mass is 10.2. The Morgan fingerprint density at radius 2 is 1.77 bits per heavy atom. The molecule has 10 heteroatoms. The molecule has 0 aromatic heterocycles. The van der Waals surface area contributed by atoms with Gasteiger partial charge < -0.3 is 10.6 Å². The van der Waals surface area contributed by atoms with E-state index in [0.717, 1.165) is 11.3 Å². The maximum Gasteiger partial charge on any atom is 0.232 e. The third-order valence-corrected chi connectivity index (χ3v) is 2.89. The van der Waals surface area contributed by atoms with E-state index in [2.05, 4.69) is 15.1 Å². The summed E-state index contributed by atoms with van der Waals surface area (Å²) in [6, 6.07) is 7.57. The molecule has 0 aliphatic rings. The van der Waals surface area contributed by atoms with Gasteiger partial charge in [-0.2, -0.15) is 5.10 Å². The van der Waals surface area contributed by atoms with Gasteiger partial charge in [-0.25, -0.2) is 5.43 Å². The molecular weight excluding hydrogens is 331 g/mol. The van der Waals surface area contributed by atoms with Gasteiger partial charge in [-0.05, 0) is 17.7 Å². The van der Waals surface area contributed by atoms with Crippen molar-refractivity contribution in [1.29, 1.82) is 0 Å². The predicted molar refractivity (Wildman–Crippen MR) is 87.9 cm³/mol. The smallest absolute Gasteiger partial charge is 0.232 e. The number of nitrogens with zero attached hydrogens (tertiary/aromatic N) is 4. The molecule has 0 spiro atoms. The summed E-state index contributed by atoms with van der Waals surface area (Å²) >= 11 is 11.5. The van der Waals surface area contributed by atoms with E-state index in [1.165, 1.54) is 6.21 Å². The summed E-state index contributed by atoms with van der Waals surface area (Å²) in [6.07, 6.45) is 1.48. The zero-order valence-corrected chi connectivity index (χ0v) is 13.2. The van der Waals surface area contributed by atoms with E-state index in [0.29, 0.717) is 24.8 Å². The number of rotatable bonds is 8. The molecule has 0 aliphatic carbocycles. The molecule has 0 bridgehead atoms. The number of guanidine groups is 1. The average Bonchev–Trinajstić information content (AvgIpc) is 2.47. The van der Waals surface area contributed by atoms with Gasteiger partial charge in [-0.1, -0.05) is 12.1 Å². The van der Waals surface area contributed by atoms with Crippen LogP contribution in [0.25, 0.3) is 0 Å². The van der Waals surface area contributed by atoms with E-state index in [9.17, 15) is 0 Å². The maximum atomic E-state index is 8.45. The minimum Gasteiger partial charge on any atom is -0.369 e. The van der Waals surface area contributed by atoms with E-state index >= 15 is 0 Å². The maximum absolute atomic E-state index is 8.45. The number of hydrogen-bond acceptors (Lipinski definition) is 6. The number of hydrazine groups is 1. The van der Waals surface area contributed by atoms with Gasteiger partial charge in [0.2, 0.25) is 5.96 Å². The van der Waals surface area contributed by atoms with Crippen LogP contribution >= 0.6 is 23.2 Å². The van der Waals surface area contributed by atoms with Crippen LogP contribution in [0.15, 0.2) is 34.5 Å². The lowest BCUT2D eigenvalue weighted by Crippen LogP contribution is -2.41.